The van der Waals surface area contributed by atoms with Gasteiger partial charge in [0.15, 0.2) is 0 Å². The van der Waals surface area contributed by atoms with Crippen LogP contribution in [0.15, 0.2) is 42.5 Å². The van der Waals surface area contributed by atoms with Crippen molar-refractivity contribution in [1.29, 1.82) is 0 Å². The zero-order valence-electron chi connectivity index (χ0n) is 15.8. The molecule has 0 aliphatic carbocycles. The highest BCUT2D eigenvalue weighted by Gasteiger charge is 2.22. The first-order chi connectivity index (χ1) is 13.8. The molecule has 1 unspecified atom stereocenters. The Morgan fingerprint density at radius 2 is 1.64 bits per heavy atom. The van der Waals surface area contributed by atoms with Crippen LogP contribution in [-0.2, 0) is 14.2 Å². The number of epoxide rings is 1. The maximum Gasteiger partial charge on any atom is 0.135 e. The number of benzene rings is 3. The molecule has 0 aromatic heterocycles. The van der Waals surface area contributed by atoms with Crippen molar-refractivity contribution in [3.63, 3.8) is 0 Å². The number of phenolic OH excluding ortho intramolecular Hbond substituents is 1. The van der Waals surface area contributed by atoms with Crippen LogP contribution in [0, 0.1) is 0 Å². The summed E-state index contributed by atoms with van der Waals surface area (Å²) in [6.07, 6.45) is 0.276. The minimum atomic E-state index is 0.227. The zero-order valence-corrected chi connectivity index (χ0v) is 15.8. The lowest BCUT2D eigenvalue weighted by molar-refractivity contribution is 0.0320. The molecule has 3 aromatic rings. The van der Waals surface area contributed by atoms with E-state index in [0.717, 1.165) is 28.5 Å². The third kappa shape index (κ3) is 4.14. The summed E-state index contributed by atoms with van der Waals surface area (Å²) in [5.74, 6) is 1.64. The SMILES string of the molecule is COc1ccc2c(OCCOCCOCC3CO3)c3ccccc3c(O)c2c1. The second kappa shape index (κ2) is 8.65. The molecule has 0 spiro atoms. The van der Waals surface area contributed by atoms with Gasteiger partial charge in [0.1, 0.15) is 30.0 Å². The fourth-order valence-electron chi connectivity index (χ4n) is 3.18. The van der Waals surface area contributed by atoms with Gasteiger partial charge in [-0.1, -0.05) is 24.3 Å². The van der Waals surface area contributed by atoms with Gasteiger partial charge in [0.05, 0.1) is 40.1 Å². The number of hydrogen-bond donors (Lipinski definition) is 1. The average molecular weight is 384 g/mol. The molecule has 28 heavy (non-hydrogen) atoms. The van der Waals surface area contributed by atoms with E-state index in [1.807, 2.05) is 42.5 Å². The normalized spacial score (nSPS) is 15.8. The molecule has 6 heteroatoms. The fourth-order valence-corrected chi connectivity index (χ4v) is 3.18. The van der Waals surface area contributed by atoms with Crippen LogP contribution in [0.5, 0.6) is 17.2 Å². The highest BCUT2D eigenvalue weighted by Crippen LogP contribution is 2.43. The van der Waals surface area contributed by atoms with Crippen molar-refractivity contribution in [2.45, 2.75) is 6.10 Å². The number of ether oxygens (including phenoxy) is 5. The van der Waals surface area contributed by atoms with Crippen LogP contribution in [0.3, 0.4) is 0 Å². The standard InChI is InChI=1S/C22H24O6/c1-24-15-6-7-19-20(12-15)21(23)17-4-2-3-5-18(17)22(19)27-11-10-25-8-9-26-13-16-14-28-16/h2-7,12,16,23H,8-11,13-14H2,1H3. The number of methoxy groups -OCH3 is 1. The molecule has 0 saturated carbocycles. The Labute approximate surface area is 163 Å². The minimum Gasteiger partial charge on any atom is -0.507 e. The lowest BCUT2D eigenvalue weighted by Crippen LogP contribution is -2.12. The Kier molecular flexibility index (Phi) is 5.81. The lowest BCUT2D eigenvalue weighted by atomic mass is 10.0. The van der Waals surface area contributed by atoms with Crippen LogP contribution in [0.1, 0.15) is 0 Å². The Morgan fingerprint density at radius 3 is 2.43 bits per heavy atom. The van der Waals surface area contributed by atoms with Crippen molar-refractivity contribution in [2.75, 3.05) is 46.8 Å². The minimum absolute atomic E-state index is 0.227. The molecule has 1 aliphatic heterocycles. The van der Waals surface area contributed by atoms with Gasteiger partial charge in [-0.05, 0) is 18.2 Å². The second-order valence-electron chi connectivity index (χ2n) is 6.63. The molecule has 0 bridgehead atoms. The molecule has 1 fully saturated rings. The van der Waals surface area contributed by atoms with E-state index in [9.17, 15) is 5.11 Å². The van der Waals surface area contributed by atoms with Gasteiger partial charge in [-0.25, -0.2) is 0 Å². The van der Waals surface area contributed by atoms with Gasteiger partial charge < -0.3 is 28.8 Å². The summed E-state index contributed by atoms with van der Waals surface area (Å²) in [5, 5.41) is 13.9. The van der Waals surface area contributed by atoms with Crippen molar-refractivity contribution in [2.24, 2.45) is 0 Å². The largest absolute Gasteiger partial charge is 0.507 e. The maximum atomic E-state index is 10.7. The van der Waals surface area contributed by atoms with Crippen LogP contribution in [0.4, 0.5) is 0 Å². The molecular weight excluding hydrogens is 360 g/mol. The predicted molar refractivity (Wildman–Crippen MR) is 107 cm³/mol. The molecule has 0 radical (unpaired) electrons. The maximum absolute atomic E-state index is 10.7. The Hall–Kier alpha value is -2.54. The van der Waals surface area contributed by atoms with Gasteiger partial charge >= 0.3 is 0 Å². The first kappa shape index (κ1) is 18.8. The number of hydrogen-bond acceptors (Lipinski definition) is 6. The van der Waals surface area contributed by atoms with Crippen LogP contribution in [0.25, 0.3) is 21.5 Å². The molecule has 3 aromatic carbocycles. The molecule has 0 amide bonds. The topological polar surface area (TPSA) is 69.7 Å². The number of aromatic hydroxyl groups is 1. The molecule has 1 atom stereocenters. The van der Waals surface area contributed by atoms with Gasteiger partial charge in [0.25, 0.3) is 0 Å². The zero-order chi connectivity index (χ0) is 19.3. The fraction of sp³-hybridized carbons (Fsp3) is 0.364. The lowest BCUT2D eigenvalue weighted by Gasteiger charge is -2.15. The predicted octanol–water partition coefficient (Wildman–Crippen LogP) is 3.52. The van der Waals surface area contributed by atoms with E-state index in [1.54, 1.807) is 7.11 Å². The third-order valence-electron chi connectivity index (χ3n) is 4.71. The molecule has 6 nitrogen and oxygen atoms in total. The first-order valence-corrected chi connectivity index (χ1v) is 9.39. The van der Waals surface area contributed by atoms with E-state index in [-0.39, 0.29) is 11.9 Å². The van der Waals surface area contributed by atoms with E-state index >= 15 is 0 Å². The van der Waals surface area contributed by atoms with Crippen molar-refractivity contribution in [3.05, 3.63) is 42.5 Å². The van der Waals surface area contributed by atoms with Gasteiger partial charge in [0, 0.05) is 21.5 Å². The highest BCUT2D eigenvalue weighted by atomic mass is 16.6. The van der Waals surface area contributed by atoms with E-state index in [4.69, 9.17) is 23.7 Å². The van der Waals surface area contributed by atoms with Crippen LogP contribution in [0.2, 0.25) is 0 Å². The van der Waals surface area contributed by atoms with Gasteiger partial charge in [0.2, 0.25) is 0 Å². The quantitative estimate of drug-likeness (QED) is 0.328. The van der Waals surface area contributed by atoms with E-state index in [1.165, 1.54) is 0 Å². The van der Waals surface area contributed by atoms with Crippen molar-refractivity contribution in [3.8, 4) is 17.2 Å². The van der Waals surface area contributed by atoms with Gasteiger partial charge in [-0.3, -0.25) is 0 Å². The van der Waals surface area contributed by atoms with E-state index in [2.05, 4.69) is 0 Å². The van der Waals surface area contributed by atoms with Crippen molar-refractivity contribution in [1.82, 2.24) is 0 Å². The van der Waals surface area contributed by atoms with Crippen molar-refractivity contribution < 1.29 is 28.8 Å². The van der Waals surface area contributed by atoms with Crippen LogP contribution >= 0.6 is 0 Å². The third-order valence-corrected chi connectivity index (χ3v) is 4.71. The molecule has 1 N–H and O–H groups in total. The second-order valence-corrected chi connectivity index (χ2v) is 6.63. The number of rotatable bonds is 10. The molecule has 1 heterocycles. The monoisotopic (exact) mass is 384 g/mol. The number of fused-ring (bicyclic) bond motifs is 2. The molecule has 148 valence electrons. The molecule has 1 aliphatic rings. The van der Waals surface area contributed by atoms with E-state index in [0.29, 0.717) is 44.2 Å². The average Bonchev–Trinajstić information content (AvgIpc) is 3.56. The summed E-state index contributed by atoms with van der Waals surface area (Å²) in [6, 6.07) is 13.2. The summed E-state index contributed by atoms with van der Waals surface area (Å²) in [7, 11) is 1.61. The van der Waals surface area contributed by atoms with Crippen LogP contribution in [-0.4, -0.2) is 58.0 Å². The first-order valence-electron chi connectivity index (χ1n) is 9.39. The summed E-state index contributed by atoms with van der Waals surface area (Å²) >= 11 is 0. The summed E-state index contributed by atoms with van der Waals surface area (Å²) < 4.78 is 27.5. The summed E-state index contributed by atoms with van der Waals surface area (Å²) in [4.78, 5) is 0. The van der Waals surface area contributed by atoms with E-state index < -0.39 is 0 Å². The number of phenols is 1. The molecule has 4 rings (SSSR count). The molecule has 1 saturated heterocycles. The Balaban J connectivity index is 1.46. The Bertz CT molecular complexity index is 951. The Morgan fingerprint density at radius 1 is 0.929 bits per heavy atom. The van der Waals surface area contributed by atoms with Gasteiger partial charge in [-0.15, -0.1) is 0 Å². The van der Waals surface area contributed by atoms with Gasteiger partial charge in [-0.2, -0.15) is 0 Å². The molecular formula is C22H24O6. The highest BCUT2D eigenvalue weighted by molar-refractivity contribution is 6.11. The smallest absolute Gasteiger partial charge is 0.135 e. The van der Waals surface area contributed by atoms with Crippen molar-refractivity contribution >= 4 is 21.5 Å². The summed E-state index contributed by atoms with van der Waals surface area (Å²) in [5.41, 5.74) is 0. The summed E-state index contributed by atoms with van der Waals surface area (Å²) in [6.45, 7) is 3.36. The van der Waals surface area contributed by atoms with Crippen LogP contribution < -0.4 is 9.47 Å².